The summed E-state index contributed by atoms with van der Waals surface area (Å²) in [6.07, 6.45) is 0. The van der Waals surface area contributed by atoms with Crippen molar-refractivity contribution in [2.75, 3.05) is 11.9 Å². The van der Waals surface area contributed by atoms with Gasteiger partial charge in [-0.05, 0) is 50.2 Å². The molecule has 4 nitrogen and oxygen atoms in total. The standard InChI is InChI=1S/C18H15ClFNO3/c1-3-23-12-5-7-16-13(9-12)10(2)17(24-16)18(22)21-15-6-4-11(19)8-14(15)20/h4-9H,3H2,1-2H3,(H,21,22). The number of hydrogen-bond acceptors (Lipinski definition) is 3. The van der Waals surface area contributed by atoms with Crippen molar-refractivity contribution in [1.82, 2.24) is 0 Å². The first-order valence-corrected chi connectivity index (χ1v) is 7.79. The number of hydrogen-bond donors (Lipinski definition) is 1. The second kappa shape index (κ2) is 6.53. The Morgan fingerprint density at radius 1 is 1.29 bits per heavy atom. The number of carbonyl (C=O) groups excluding carboxylic acids is 1. The van der Waals surface area contributed by atoms with Gasteiger partial charge in [-0.25, -0.2) is 4.39 Å². The molecule has 3 rings (SSSR count). The van der Waals surface area contributed by atoms with Crippen molar-refractivity contribution in [3.63, 3.8) is 0 Å². The van der Waals surface area contributed by atoms with Gasteiger partial charge in [0.15, 0.2) is 5.76 Å². The smallest absolute Gasteiger partial charge is 0.291 e. The van der Waals surface area contributed by atoms with Gasteiger partial charge in [0, 0.05) is 16.0 Å². The Hall–Kier alpha value is -2.53. The van der Waals surface area contributed by atoms with E-state index in [-0.39, 0.29) is 16.5 Å². The number of furan rings is 1. The minimum absolute atomic E-state index is 0.0410. The quantitative estimate of drug-likeness (QED) is 0.707. The van der Waals surface area contributed by atoms with Gasteiger partial charge in [0.2, 0.25) is 0 Å². The van der Waals surface area contributed by atoms with Crippen molar-refractivity contribution in [3.05, 3.63) is 58.6 Å². The Labute approximate surface area is 143 Å². The molecule has 0 aliphatic carbocycles. The summed E-state index contributed by atoms with van der Waals surface area (Å²) in [5.74, 6) is -0.302. The number of carbonyl (C=O) groups is 1. The summed E-state index contributed by atoms with van der Waals surface area (Å²) in [4.78, 5) is 12.4. The first kappa shape index (κ1) is 16.3. The van der Waals surface area contributed by atoms with Crippen LogP contribution in [0.2, 0.25) is 5.02 Å². The lowest BCUT2D eigenvalue weighted by atomic mass is 10.1. The summed E-state index contributed by atoms with van der Waals surface area (Å²) in [5, 5.41) is 3.54. The number of fused-ring (bicyclic) bond motifs is 1. The highest BCUT2D eigenvalue weighted by molar-refractivity contribution is 6.30. The van der Waals surface area contributed by atoms with Crippen molar-refractivity contribution in [2.24, 2.45) is 0 Å². The Morgan fingerprint density at radius 3 is 2.79 bits per heavy atom. The third-order valence-corrected chi connectivity index (χ3v) is 3.84. The summed E-state index contributed by atoms with van der Waals surface area (Å²) in [6, 6.07) is 9.37. The SMILES string of the molecule is CCOc1ccc2oc(C(=O)Nc3ccc(Cl)cc3F)c(C)c2c1. The lowest BCUT2D eigenvalue weighted by Crippen LogP contribution is -2.13. The highest BCUT2D eigenvalue weighted by Gasteiger charge is 2.19. The Kier molecular flexibility index (Phi) is 4.44. The zero-order valence-corrected chi connectivity index (χ0v) is 13.9. The molecule has 0 bridgehead atoms. The van der Waals surface area contributed by atoms with E-state index in [4.69, 9.17) is 20.8 Å². The van der Waals surface area contributed by atoms with Gasteiger partial charge in [0.05, 0.1) is 12.3 Å². The van der Waals surface area contributed by atoms with Gasteiger partial charge >= 0.3 is 0 Å². The number of aryl methyl sites for hydroxylation is 1. The number of rotatable bonds is 4. The maximum absolute atomic E-state index is 13.8. The monoisotopic (exact) mass is 347 g/mol. The van der Waals surface area contributed by atoms with Crippen LogP contribution >= 0.6 is 11.6 Å². The van der Waals surface area contributed by atoms with Crippen molar-refractivity contribution in [2.45, 2.75) is 13.8 Å². The molecule has 0 fully saturated rings. The molecule has 3 aromatic rings. The van der Waals surface area contributed by atoms with E-state index >= 15 is 0 Å². The van der Waals surface area contributed by atoms with Gasteiger partial charge in [0.1, 0.15) is 17.1 Å². The highest BCUT2D eigenvalue weighted by atomic mass is 35.5. The van der Waals surface area contributed by atoms with E-state index in [1.165, 1.54) is 12.1 Å². The van der Waals surface area contributed by atoms with Gasteiger partial charge in [-0.2, -0.15) is 0 Å². The largest absolute Gasteiger partial charge is 0.494 e. The molecule has 1 aromatic heterocycles. The third kappa shape index (κ3) is 3.08. The van der Waals surface area contributed by atoms with E-state index in [0.29, 0.717) is 23.5 Å². The molecule has 0 saturated carbocycles. The van der Waals surface area contributed by atoms with Crippen molar-refractivity contribution in [3.8, 4) is 5.75 Å². The minimum atomic E-state index is -0.608. The number of amides is 1. The van der Waals surface area contributed by atoms with E-state index in [9.17, 15) is 9.18 Å². The molecule has 2 aromatic carbocycles. The van der Waals surface area contributed by atoms with Gasteiger partial charge in [-0.15, -0.1) is 0 Å². The molecule has 1 heterocycles. The summed E-state index contributed by atoms with van der Waals surface area (Å²) in [7, 11) is 0. The van der Waals surface area contributed by atoms with Crippen LogP contribution < -0.4 is 10.1 Å². The maximum atomic E-state index is 13.8. The van der Waals surface area contributed by atoms with Gasteiger partial charge in [0.25, 0.3) is 5.91 Å². The Morgan fingerprint density at radius 2 is 2.08 bits per heavy atom. The molecule has 24 heavy (non-hydrogen) atoms. The fraction of sp³-hybridized carbons (Fsp3) is 0.167. The van der Waals surface area contributed by atoms with Crippen LogP contribution in [-0.2, 0) is 0 Å². The van der Waals surface area contributed by atoms with Crippen molar-refractivity contribution in [1.29, 1.82) is 0 Å². The minimum Gasteiger partial charge on any atom is -0.494 e. The van der Waals surface area contributed by atoms with E-state index in [0.717, 1.165) is 11.5 Å². The Balaban J connectivity index is 1.93. The number of anilines is 1. The fourth-order valence-corrected chi connectivity index (χ4v) is 2.60. The summed E-state index contributed by atoms with van der Waals surface area (Å²) in [5.41, 5.74) is 1.27. The van der Waals surface area contributed by atoms with Crippen LogP contribution in [0.5, 0.6) is 5.75 Å². The predicted octanol–water partition coefficient (Wildman–Crippen LogP) is 5.18. The molecule has 0 spiro atoms. The molecule has 0 saturated heterocycles. The number of ether oxygens (including phenoxy) is 1. The van der Waals surface area contributed by atoms with Crippen LogP contribution in [0.3, 0.4) is 0 Å². The molecule has 0 aliphatic rings. The molecule has 0 atom stereocenters. The first-order chi connectivity index (χ1) is 11.5. The molecule has 6 heteroatoms. The maximum Gasteiger partial charge on any atom is 0.291 e. The molecule has 0 unspecified atom stereocenters. The lowest BCUT2D eigenvalue weighted by Gasteiger charge is -2.05. The molecule has 1 N–H and O–H groups in total. The highest BCUT2D eigenvalue weighted by Crippen LogP contribution is 2.29. The number of benzene rings is 2. The van der Waals surface area contributed by atoms with Crippen LogP contribution in [-0.4, -0.2) is 12.5 Å². The molecular weight excluding hydrogens is 333 g/mol. The second-order valence-corrected chi connectivity index (χ2v) is 5.66. The molecule has 0 aliphatic heterocycles. The first-order valence-electron chi connectivity index (χ1n) is 7.42. The van der Waals surface area contributed by atoms with Crippen LogP contribution in [0.15, 0.2) is 40.8 Å². The Bertz CT molecular complexity index is 920. The van der Waals surface area contributed by atoms with Crippen molar-refractivity contribution < 1.29 is 18.3 Å². The van der Waals surface area contributed by atoms with Gasteiger partial charge in [-0.1, -0.05) is 11.6 Å². The van der Waals surface area contributed by atoms with E-state index in [2.05, 4.69) is 5.32 Å². The number of halogens is 2. The van der Waals surface area contributed by atoms with E-state index in [1.54, 1.807) is 19.1 Å². The van der Waals surface area contributed by atoms with Crippen molar-refractivity contribution >= 4 is 34.2 Å². The number of nitrogens with one attached hydrogen (secondary N) is 1. The molecular formula is C18H15ClFNO3. The predicted molar refractivity (Wildman–Crippen MR) is 91.5 cm³/mol. The van der Waals surface area contributed by atoms with E-state index in [1.807, 2.05) is 13.0 Å². The molecule has 124 valence electrons. The average molecular weight is 348 g/mol. The van der Waals surface area contributed by atoms with Crippen LogP contribution in [0, 0.1) is 12.7 Å². The van der Waals surface area contributed by atoms with Crippen LogP contribution in [0.4, 0.5) is 10.1 Å². The topological polar surface area (TPSA) is 51.5 Å². The molecule has 0 radical (unpaired) electrons. The summed E-state index contributed by atoms with van der Waals surface area (Å²) >= 11 is 5.71. The van der Waals surface area contributed by atoms with E-state index < -0.39 is 11.7 Å². The van der Waals surface area contributed by atoms with Crippen LogP contribution in [0.25, 0.3) is 11.0 Å². The third-order valence-electron chi connectivity index (χ3n) is 3.60. The summed E-state index contributed by atoms with van der Waals surface area (Å²) in [6.45, 7) is 4.21. The zero-order valence-electron chi connectivity index (χ0n) is 13.2. The van der Waals surface area contributed by atoms with Gasteiger partial charge in [-0.3, -0.25) is 4.79 Å². The molecule has 1 amide bonds. The van der Waals surface area contributed by atoms with Crippen LogP contribution in [0.1, 0.15) is 23.0 Å². The zero-order chi connectivity index (χ0) is 17.3. The average Bonchev–Trinajstić information content (AvgIpc) is 2.87. The van der Waals surface area contributed by atoms with Gasteiger partial charge < -0.3 is 14.5 Å². The second-order valence-electron chi connectivity index (χ2n) is 5.23. The fourth-order valence-electron chi connectivity index (χ4n) is 2.44. The lowest BCUT2D eigenvalue weighted by molar-refractivity contribution is 0.0997. The summed E-state index contributed by atoms with van der Waals surface area (Å²) < 4.78 is 24.9. The normalized spacial score (nSPS) is 10.8.